The molecule has 0 saturated heterocycles. The molecule has 2 N–H and O–H groups in total. The zero-order valence-corrected chi connectivity index (χ0v) is 11.0. The summed E-state index contributed by atoms with van der Waals surface area (Å²) in [6.07, 6.45) is 1.68. The third-order valence-electron chi connectivity index (χ3n) is 3.19. The highest BCUT2D eigenvalue weighted by molar-refractivity contribution is 5.96. The van der Waals surface area contributed by atoms with Crippen LogP contribution in [0.25, 0.3) is 0 Å². The Kier molecular flexibility index (Phi) is 6.49. The first-order chi connectivity index (χ1) is 8.60. The smallest absolute Gasteiger partial charge is 0.158 e. The van der Waals surface area contributed by atoms with Crippen LogP contribution < -0.4 is 0 Å². The molecule has 1 saturated carbocycles. The van der Waals surface area contributed by atoms with Crippen molar-refractivity contribution in [1.29, 1.82) is 0 Å². The minimum Gasteiger partial charge on any atom is -0.387 e. The predicted molar refractivity (Wildman–Crippen MR) is 66.2 cm³/mol. The Morgan fingerprint density at radius 2 is 1.94 bits per heavy atom. The summed E-state index contributed by atoms with van der Waals surface area (Å²) in [6.45, 7) is 0.186. The molecule has 0 aromatic heterocycles. The van der Waals surface area contributed by atoms with Gasteiger partial charge in [-0.15, -0.1) is 0 Å². The number of aliphatic hydroxyl groups excluding tert-OH is 2. The molecule has 0 heterocycles. The van der Waals surface area contributed by atoms with E-state index in [0.29, 0.717) is 18.4 Å². The molecule has 1 fully saturated rings. The molecule has 1 aliphatic carbocycles. The van der Waals surface area contributed by atoms with Gasteiger partial charge in [0.1, 0.15) is 18.3 Å². The predicted octanol–water partition coefficient (Wildman–Crippen LogP) is 0.439. The Balaban J connectivity index is 2.64. The van der Waals surface area contributed by atoms with E-state index in [9.17, 15) is 15.0 Å². The maximum Gasteiger partial charge on any atom is 0.158 e. The van der Waals surface area contributed by atoms with E-state index in [0.717, 1.165) is 12.8 Å². The summed E-state index contributed by atoms with van der Waals surface area (Å²) >= 11 is 0. The van der Waals surface area contributed by atoms with Crippen LogP contribution in [-0.4, -0.2) is 55.1 Å². The van der Waals surface area contributed by atoms with Crippen LogP contribution in [0.4, 0.5) is 0 Å². The summed E-state index contributed by atoms with van der Waals surface area (Å²) in [7, 11) is 2.94. The van der Waals surface area contributed by atoms with Gasteiger partial charge in [0.25, 0.3) is 0 Å². The number of ether oxygens (including phenoxy) is 2. The van der Waals surface area contributed by atoms with Gasteiger partial charge < -0.3 is 19.7 Å². The van der Waals surface area contributed by atoms with E-state index in [1.807, 2.05) is 0 Å². The topological polar surface area (TPSA) is 76.0 Å². The number of Topliss-reactive ketones (excluding diaryl/α,β-unsaturated/α-hetero) is 1. The average molecular weight is 258 g/mol. The molecule has 1 aliphatic rings. The van der Waals surface area contributed by atoms with Crippen LogP contribution in [0.2, 0.25) is 0 Å². The molecule has 3 atom stereocenters. The number of hydrogen-bond donors (Lipinski definition) is 2. The number of allylic oxidation sites excluding steroid dienone is 1. The van der Waals surface area contributed by atoms with Crippen LogP contribution in [0.1, 0.15) is 25.7 Å². The van der Waals surface area contributed by atoms with Crippen molar-refractivity contribution in [3.63, 3.8) is 0 Å². The minimum atomic E-state index is -1.11. The van der Waals surface area contributed by atoms with Gasteiger partial charge in [-0.1, -0.05) is 0 Å². The van der Waals surface area contributed by atoms with Gasteiger partial charge in [-0.3, -0.25) is 4.79 Å². The molecule has 0 unspecified atom stereocenters. The lowest BCUT2D eigenvalue weighted by atomic mass is 9.91. The lowest BCUT2D eigenvalue weighted by molar-refractivity contribution is -0.116. The third-order valence-corrected chi connectivity index (χ3v) is 3.19. The van der Waals surface area contributed by atoms with Crippen molar-refractivity contribution in [2.45, 2.75) is 44.0 Å². The quantitative estimate of drug-likeness (QED) is 0.676. The highest BCUT2D eigenvalue weighted by Crippen LogP contribution is 2.21. The normalized spacial score (nSPS) is 24.0. The first-order valence-electron chi connectivity index (χ1n) is 6.22. The molecule has 104 valence electrons. The molecule has 0 aliphatic heterocycles. The molecular formula is C13H22O5. The first kappa shape index (κ1) is 15.3. The van der Waals surface area contributed by atoms with Crippen molar-refractivity contribution in [1.82, 2.24) is 0 Å². The highest BCUT2D eigenvalue weighted by atomic mass is 16.5. The molecule has 0 bridgehead atoms. The maximum atomic E-state index is 11.6. The second kappa shape index (κ2) is 7.63. The van der Waals surface area contributed by atoms with Crippen molar-refractivity contribution in [2.75, 3.05) is 20.8 Å². The van der Waals surface area contributed by atoms with Crippen molar-refractivity contribution in [2.24, 2.45) is 0 Å². The van der Waals surface area contributed by atoms with Gasteiger partial charge in [-0.05, 0) is 30.9 Å². The fraction of sp³-hybridized carbons (Fsp3) is 0.769. The maximum absolute atomic E-state index is 11.6. The van der Waals surface area contributed by atoms with Crippen LogP contribution in [0.5, 0.6) is 0 Å². The van der Waals surface area contributed by atoms with Gasteiger partial charge in [0.05, 0.1) is 6.61 Å². The lowest BCUT2D eigenvalue weighted by Gasteiger charge is -2.24. The summed E-state index contributed by atoms with van der Waals surface area (Å²) in [4.78, 5) is 11.6. The summed E-state index contributed by atoms with van der Waals surface area (Å²) < 4.78 is 9.93. The molecule has 5 nitrogen and oxygen atoms in total. The van der Waals surface area contributed by atoms with Crippen LogP contribution in [-0.2, 0) is 14.3 Å². The average Bonchev–Trinajstić information content (AvgIpc) is 2.37. The SMILES string of the molecule is COC[C@@H](OC)[C@@H](O)[C@H](O)/C=C1\CCCCC1=O. The largest absolute Gasteiger partial charge is 0.387 e. The summed E-state index contributed by atoms with van der Waals surface area (Å²) in [6, 6.07) is 0. The summed E-state index contributed by atoms with van der Waals surface area (Å²) in [5.41, 5.74) is 0.611. The van der Waals surface area contributed by atoms with Gasteiger partial charge in [0, 0.05) is 20.6 Å². The number of methoxy groups -OCH3 is 2. The number of rotatable bonds is 6. The fourth-order valence-electron chi connectivity index (χ4n) is 2.07. The Labute approximate surface area is 107 Å². The molecule has 0 spiro atoms. The van der Waals surface area contributed by atoms with Gasteiger partial charge in [0.2, 0.25) is 0 Å². The first-order valence-corrected chi connectivity index (χ1v) is 6.22. The van der Waals surface area contributed by atoms with Crippen molar-refractivity contribution in [3.05, 3.63) is 11.6 Å². The second-order valence-corrected chi connectivity index (χ2v) is 4.53. The molecule has 5 heteroatoms. The number of carbonyl (C=O) groups excluding carboxylic acids is 1. The Morgan fingerprint density at radius 3 is 2.50 bits per heavy atom. The van der Waals surface area contributed by atoms with Gasteiger partial charge in [-0.2, -0.15) is 0 Å². The van der Waals surface area contributed by atoms with E-state index in [-0.39, 0.29) is 12.4 Å². The standard InChI is InChI=1S/C13H22O5/c1-17-8-12(18-2)13(16)11(15)7-9-5-3-4-6-10(9)14/h7,11-13,15-16H,3-6,8H2,1-2H3/b9-7+/t11-,12-,13+/m1/s1. The monoisotopic (exact) mass is 258 g/mol. The van der Waals surface area contributed by atoms with Crippen LogP contribution in [0.3, 0.4) is 0 Å². The molecule has 1 rings (SSSR count). The molecule has 18 heavy (non-hydrogen) atoms. The number of ketones is 1. The van der Waals surface area contributed by atoms with Crippen LogP contribution >= 0.6 is 0 Å². The molecular weight excluding hydrogens is 236 g/mol. The van der Waals surface area contributed by atoms with E-state index in [4.69, 9.17) is 9.47 Å². The van der Waals surface area contributed by atoms with Gasteiger partial charge in [0.15, 0.2) is 5.78 Å². The number of aliphatic hydroxyl groups is 2. The molecule has 0 aromatic rings. The molecule has 0 amide bonds. The highest BCUT2D eigenvalue weighted by Gasteiger charge is 2.26. The van der Waals surface area contributed by atoms with Gasteiger partial charge >= 0.3 is 0 Å². The van der Waals surface area contributed by atoms with E-state index in [1.54, 1.807) is 0 Å². The van der Waals surface area contributed by atoms with E-state index >= 15 is 0 Å². The van der Waals surface area contributed by atoms with Crippen molar-refractivity contribution < 1.29 is 24.5 Å². The zero-order valence-electron chi connectivity index (χ0n) is 11.0. The van der Waals surface area contributed by atoms with E-state index in [2.05, 4.69) is 0 Å². The summed E-state index contributed by atoms with van der Waals surface area (Å²) in [5.74, 6) is 0.0632. The molecule has 0 radical (unpaired) electrons. The minimum absolute atomic E-state index is 0.0632. The van der Waals surface area contributed by atoms with Crippen molar-refractivity contribution >= 4 is 5.78 Å². The number of carbonyl (C=O) groups is 1. The second-order valence-electron chi connectivity index (χ2n) is 4.53. The van der Waals surface area contributed by atoms with Crippen LogP contribution in [0, 0.1) is 0 Å². The van der Waals surface area contributed by atoms with Crippen LogP contribution in [0.15, 0.2) is 11.6 Å². The zero-order chi connectivity index (χ0) is 13.5. The van der Waals surface area contributed by atoms with E-state index in [1.165, 1.54) is 20.3 Å². The molecule has 0 aromatic carbocycles. The number of hydrogen-bond acceptors (Lipinski definition) is 5. The van der Waals surface area contributed by atoms with Crippen molar-refractivity contribution in [3.8, 4) is 0 Å². The van der Waals surface area contributed by atoms with E-state index < -0.39 is 18.3 Å². The third kappa shape index (κ3) is 4.17. The Hall–Kier alpha value is -0.750. The Bertz CT molecular complexity index is 300. The van der Waals surface area contributed by atoms with Gasteiger partial charge in [-0.25, -0.2) is 0 Å². The summed E-state index contributed by atoms with van der Waals surface area (Å²) in [5, 5.41) is 19.8. The fourth-order valence-corrected chi connectivity index (χ4v) is 2.07. The Morgan fingerprint density at radius 1 is 1.28 bits per heavy atom. The lowest BCUT2D eigenvalue weighted by Crippen LogP contribution is -2.40.